The van der Waals surface area contributed by atoms with Crippen molar-refractivity contribution in [2.45, 2.75) is 26.2 Å². The van der Waals surface area contributed by atoms with Crippen LogP contribution in [0.2, 0.25) is 0 Å². The van der Waals surface area contributed by atoms with Crippen LogP contribution in [-0.4, -0.2) is 23.3 Å². The number of phenolic OH excluding ortho intramolecular Hbond substituents is 1. The normalized spacial score (nSPS) is 10.3. The van der Waals surface area contributed by atoms with Crippen LogP contribution >= 0.6 is 15.9 Å². The van der Waals surface area contributed by atoms with Gasteiger partial charge in [0.2, 0.25) is 0 Å². The SMILES string of the molecule is COc1c(Br)cc(CCCC(=O)O)c(O)c1C. The van der Waals surface area contributed by atoms with E-state index in [1.54, 1.807) is 13.0 Å². The van der Waals surface area contributed by atoms with E-state index in [4.69, 9.17) is 9.84 Å². The molecule has 5 heteroatoms. The molecular weight excluding hydrogens is 288 g/mol. The highest BCUT2D eigenvalue weighted by Gasteiger charge is 2.13. The van der Waals surface area contributed by atoms with E-state index in [1.165, 1.54) is 7.11 Å². The molecule has 0 spiro atoms. The van der Waals surface area contributed by atoms with E-state index in [2.05, 4.69) is 15.9 Å². The summed E-state index contributed by atoms with van der Waals surface area (Å²) >= 11 is 3.36. The Morgan fingerprint density at radius 3 is 2.71 bits per heavy atom. The summed E-state index contributed by atoms with van der Waals surface area (Å²) in [6, 6.07) is 1.77. The van der Waals surface area contributed by atoms with Crippen LogP contribution < -0.4 is 4.74 Å². The number of hydrogen-bond donors (Lipinski definition) is 2. The molecule has 1 rings (SSSR count). The fraction of sp³-hybridized carbons (Fsp3) is 0.417. The third-order valence-corrected chi connectivity index (χ3v) is 3.15. The number of hydrogen-bond acceptors (Lipinski definition) is 3. The molecule has 0 aliphatic carbocycles. The van der Waals surface area contributed by atoms with Gasteiger partial charge in [0.25, 0.3) is 0 Å². The maximum atomic E-state index is 10.4. The zero-order chi connectivity index (χ0) is 13.0. The maximum Gasteiger partial charge on any atom is 0.303 e. The molecule has 0 unspecified atom stereocenters. The first-order valence-corrected chi connectivity index (χ1v) is 6.03. The summed E-state index contributed by atoms with van der Waals surface area (Å²) in [5, 5.41) is 18.5. The zero-order valence-electron chi connectivity index (χ0n) is 9.79. The van der Waals surface area contributed by atoms with E-state index in [0.717, 1.165) is 10.0 Å². The van der Waals surface area contributed by atoms with Gasteiger partial charge in [-0.2, -0.15) is 0 Å². The number of aliphatic carboxylic acids is 1. The van der Waals surface area contributed by atoms with Gasteiger partial charge in [0.05, 0.1) is 11.6 Å². The molecule has 2 N–H and O–H groups in total. The molecule has 0 aromatic heterocycles. The second kappa shape index (κ2) is 5.91. The first kappa shape index (κ1) is 13.8. The van der Waals surface area contributed by atoms with Gasteiger partial charge in [-0.3, -0.25) is 4.79 Å². The Morgan fingerprint density at radius 2 is 2.18 bits per heavy atom. The molecule has 0 atom stereocenters. The average Bonchev–Trinajstić information content (AvgIpc) is 2.25. The molecule has 0 saturated carbocycles. The molecule has 0 heterocycles. The van der Waals surface area contributed by atoms with Crippen molar-refractivity contribution in [1.82, 2.24) is 0 Å². The largest absolute Gasteiger partial charge is 0.507 e. The third-order valence-electron chi connectivity index (χ3n) is 2.56. The molecule has 94 valence electrons. The van der Waals surface area contributed by atoms with Crippen molar-refractivity contribution >= 4 is 21.9 Å². The van der Waals surface area contributed by atoms with Crippen molar-refractivity contribution in [1.29, 1.82) is 0 Å². The first-order valence-electron chi connectivity index (χ1n) is 5.24. The van der Waals surface area contributed by atoms with Gasteiger partial charge in [-0.25, -0.2) is 0 Å². The van der Waals surface area contributed by atoms with Gasteiger partial charge in [0.1, 0.15) is 11.5 Å². The van der Waals surface area contributed by atoms with Crippen LogP contribution in [0.3, 0.4) is 0 Å². The van der Waals surface area contributed by atoms with Crippen molar-refractivity contribution in [3.8, 4) is 11.5 Å². The average molecular weight is 303 g/mol. The van der Waals surface area contributed by atoms with Gasteiger partial charge in [-0.1, -0.05) is 0 Å². The van der Waals surface area contributed by atoms with Gasteiger partial charge < -0.3 is 14.9 Å². The van der Waals surface area contributed by atoms with Crippen LogP contribution in [0.4, 0.5) is 0 Å². The Balaban J connectivity index is 2.90. The number of carbonyl (C=O) groups is 1. The maximum absolute atomic E-state index is 10.4. The van der Waals surface area contributed by atoms with Crippen LogP contribution in [0.15, 0.2) is 10.5 Å². The van der Waals surface area contributed by atoms with Crippen LogP contribution in [0.5, 0.6) is 11.5 Å². The Labute approximate surface area is 108 Å². The molecular formula is C12H15BrO4. The summed E-state index contributed by atoms with van der Waals surface area (Å²) in [7, 11) is 1.54. The van der Waals surface area contributed by atoms with Crippen molar-refractivity contribution < 1.29 is 19.7 Å². The van der Waals surface area contributed by atoms with E-state index in [1.807, 2.05) is 0 Å². The van der Waals surface area contributed by atoms with E-state index in [9.17, 15) is 9.90 Å². The monoisotopic (exact) mass is 302 g/mol. The molecule has 0 aliphatic heterocycles. The van der Waals surface area contributed by atoms with E-state index >= 15 is 0 Å². The Hall–Kier alpha value is -1.23. The second-order valence-corrected chi connectivity index (χ2v) is 4.63. The number of benzene rings is 1. The summed E-state index contributed by atoms with van der Waals surface area (Å²) < 4.78 is 5.92. The minimum absolute atomic E-state index is 0.0993. The lowest BCUT2D eigenvalue weighted by atomic mass is 10.0. The Kier molecular flexibility index (Phi) is 4.81. The highest BCUT2D eigenvalue weighted by atomic mass is 79.9. The predicted octanol–water partition coefficient (Wildman–Crippen LogP) is 2.88. The number of aryl methyl sites for hydroxylation is 1. The number of carboxylic acids is 1. The fourth-order valence-electron chi connectivity index (χ4n) is 1.69. The van der Waals surface area contributed by atoms with Gasteiger partial charge in [-0.15, -0.1) is 0 Å². The molecule has 0 aliphatic rings. The lowest BCUT2D eigenvalue weighted by molar-refractivity contribution is -0.137. The summed E-state index contributed by atoms with van der Waals surface area (Å²) in [5.41, 5.74) is 1.39. The minimum Gasteiger partial charge on any atom is -0.507 e. The number of carboxylic acid groups (broad SMARTS) is 1. The Morgan fingerprint density at radius 1 is 1.53 bits per heavy atom. The van der Waals surface area contributed by atoms with Crippen LogP contribution in [0.1, 0.15) is 24.0 Å². The zero-order valence-corrected chi connectivity index (χ0v) is 11.4. The summed E-state index contributed by atoms with van der Waals surface area (Å²) in [5.74, 6) is -0.0475. The Bertz CT molecular complexity index is 429. The lowest BCUT2D eigenvalue weighted by Gasteiger charge is -2.13. The number of methoxy groups -OCH3 is 1. The molecule has 0 saturated heterocycles. The standard InChI is InChI=1S/C12H15BrO4/c1-7-11(16)8(4-3-5-10(14)15)6-9(13)12(7)17-2/h6,16H,3-5H2,1-2H3,(H,14,15). The molecule has 1 aromatic carbocycles. The van der Waals surface area contributed by atoms with Gasteiger partial charge in [-0.05, 0) is 47.3 Å². The van der Waals surface area contributed by atoms with Crippen molar-refractivity contribution in [3.05, 3.63) is 21.7 Å². The van der Waals surface area contributed by atoms with Crippen molar-refractivity contribution in [3.63, 3.8) is 0 Å². The number of ether oxygens (including phenoxy) is 1. The number of halogens is 1. The topological polar surface area (TPSA) is 66.8 Å². The number of phenols is 1. The first-order chi connectivity index (χ1) is 7.97. The van der Waals surface area contributed by atoms with Crippen LogP contribution in [0, 0.1) is 6.92 Å². The summed E-state index contributed by atoms with van der Waals surface area (Å²) in [6.07, 6.45) is 1.13. The van der Waals surface area contributed by atoms with Crippen molar-refractivity contribution in [2.24, 2.45) is 0 Å². The fourth-order valence-corrected chi connectivity index (χ4v) is 2.42. The molecule has 0 radical (unpaired) electrons. The molecule has 0 amide bonds. The lowest BCUT2D eigenvalue weighted by Crippen LogP contribution is -1.98. The highest BCUT2D eigenvalue weighted by Crippen LogP contribution is 2.37. The second-order valence-electron chi connectivity index (χ2n) is 3.77. The molecule has 0 bridgehead atoms. The highest BCUT2D eigenvalue weighted by molar-refractivity contribution is 9.10. The summed E-state index contributed by atoms with van der Waals surface area (Å²) in [6.45, 7) is 1.76. The molecule has 17 heavy (non-hydrogen) atoms. The predicted molar refractivity (Wildman–Crippen MR) is 67.7 cm³/mol. The molecule has 4 nitrogen and oxygen atoms in total. The van der Waals surface area contributed by atoms with Gasteiger partial charge >= 0.3 is 5.97 Å². The summed E-state index contributed by atoms with van der Waals surface area (Å²) in [4.78, 5) is 10.4. The smallest absolute Gasteiger partial charge is 0.303 e. The van der Waals surface area contributed by atoms with Crippen molar-refractivity contribution in [2.75, 3.05) is 7.11 Å². The third kappa shape index (κ3) is 3.36. The van der Waals surface area contributed by atoms with Crippen LogP contribution in [0.25, 0.3) is 0 Å². The number of rotatable bonds is 5. The van der Waals surface area contributed by atoms with E-state index < -0.39 is 5.97 Å². The number of aromatic hydroxyl groups is 1. The van der Waals surface area contributed by atoms with E-state index in [0.29, 0.717) is 24.2 Å². The van der Waals surface area contributed by atoms with E-state index in [-0.39, 0.29) is 12.2 Å². The van der Waals surface area contributed by atoms with Gasteiger partial charge in [0, 0.05) is 12.0 Å². The molecule has 1 aromatic rings. The van der Waals surface area contributed by atoms with Gasteiger partial charge in [0.15, 0.2) is 0 Å². The quantitative estimate of drug-likeness (QED) is 0.877. The minimum atomic E-state index is -0.825. The molecule has 0 fully saturated rings. The van der Waals surface area contributed by atoms with Crippen LogP contribution in [-0.2, 0) is 11.2 Å².